The lowest BCUT2D eigenvalue weighted by atomic mass is 10.4. The quantitative estimate of drug-likeness (QED) is 0.317. The Hall–Kier alpha value is -0.650. The number of carbonyl (C=O) groups excluding carboxylic acids is 1. The minimum absolute atomic E-state index is 0.260. The SMILES string of the molecule is CCCCOCCOC(C)OCCOC(C)=O. The van der Waals surface area contributed by atoms with Gasteiger partial charge < -0.3 is 18.9 Å². The van der Waals surface area contributed by atoms with E-state index in [-0.39, 0.29) is 18.9 Å². The van der Waals surface area contributed by atoms with Gasteiger partial charge in [-0.25, -0.2) is 0 Å². The number of hydrogen-bond donors (Lipinski definition) is 0. The number of rotatable bonds is 11. The minimum Gasteiger partial charge on any atom is -0.463 e. The second-order valence-corrected chi connectivity index (χ2v) is 3.62. The third-order valence-corrected chi connectivity index (χ3v) is 1.96. The lowest BCUT2D eigenvalue weighted by molar-refractivity contribution is -0.158. The van der Waals surface area contributed by atoms with Gasteiger partial charge in [0.25, 0.3) is 0 Å². The van der Waals surface area contributed by atoms with Crippen LogP contribution in [0, 0.1) is 0 Å². The van der Waals surface area contributed by atoms with Gasteiger partial charge in [0.15, 0.2) is 6.29 Å². The van der Waals surface area contributed by atoms with Crippen LogP contribution in [0.5, 0.6) is 0 Å². The monoisotopic (exact) mass is 248 g/mol. The van der Waals surface area contributed by atoms with E-state index in [9.17, 15) is 4.79 Å². The Kier molecular flexibility index (Phi) is 11.4. The van der Waals surface area contributed by atoms with Crippen LogP contribution in [0.15, 0.2) is 0 Å². The van der Waals surface area contributed by atoms with E-state index in [1.807, 2.05) is 0 Å². The molecule has 0 rings (SSSR count). The van der Waals surface area contributed by atoms with Crippen molar-refractivity contribution in [3.63, 3.8) is 0 Å². The number of ether oxygens (including phenoxy) is 4. The molecule has 0 aromatic carbocycles. The van der Waals surface area contributed by atoms with Crippen LogP contribution in [0.2, 0.25) is 0 Å². The van der Waals surface area contributed by atoms with Crippen LogP contribution in [-0.2, 0) is 23.7 Å². The summed E-state index contributed by atoms with van der Waals surface area (Å²) in [6.45, 7) is 7.78. The molecule has 0 bridgehead atoms. The van der Waals surface area contributed by atoms with Crippen molar-refractivity contribution in [2.24, 2.45) is 0 Å². The molecule has 0 fully saturated rings. The molecule has 0 aromatic rings. The number of unbranched alkanes of at least 4 members (excludes halogenated alkanes) is 1. The molecule has 5 nitrogen and oxygen atoms in total. The van der Waals surface area contributed by atoms with Gasteiger partial charge in [-0.05, 0) is 13.3 Å². The summed E-state index contributed by atoms with van der Waals surface area (Å²) in [5.41, 5.74) is 0. The Balaban J connectivity index is 3.17. The fraction of sp³-hybridized carbons (Fsp3) is 0.917. The molecule has 0 saturated heterocycles. The predicted octanol–water partition coefficient (Wildman–Crippen LogP) is 1.75. The number of carbonyl (C=O) groups is 1. The van der Waals surface area contributed by atoms with Crippen LogP contribution in [0.25, 0.3) is 0 Å². The Labute approximate surface area is 103 Å². The summed E-state index contributed by atoms with van der Waals surface area (Å²) in [5.74, 6) is -0.300. The van der Waals surface area contributed by atoms with Gasteiger partial charge in [0, 0.05) is 13.5 Å². The largest absolute Gasteiger partial charge is 0.463 e. The number of hydrogen-bond acceptors (Lipinski definition) is 5. The Morgan fingerprint density at radius 3 is 2.29 bits per heavy atom. The van der Waals surface area contributed by atoms with Crippen molar-refractivity contribution in [1.29, 1.82) is 0 Å². The molecule has 0 amide bonds. The van der Waals surface area contributed by atoms with Crippen molar-refractivity contribution in [3.05, 3.63) is 0 Å². The first kappa shape index (κ1) is 16.4. The normalized spacial score (nSPS) is 12.4. The van der Waals surface area contributed by atoms with Gasteiger partial charge in [0.1, 0.15) is 6.61 Å². The van der Waals surface area contributed by atoms with Gasteiger partial charge in [-0.3, -0.25) is 4.79 Å². The summed E-state index contributed by atoms with van der Waals surface area (Å²) >= 11 is 0. The first-order chi connectivity index (χ1) is 8.16. The van der Waals surface area contributed by atoms with Gasteiger partial charge >= 0.3 is 5.97 Å². The minimum atomic E-state index is -0.305. The maximum absolute atomic E-state index is 10.5. The first-order valence-corrected chi connectivity index (χ1v) is 6.11. The molecule has 5 heteroatoms. The van der Waals surface area contributed by atoms with Crippen LogP contribution in [0.1, 0.15) is 33.6 Å². The van der Waals surface area contributed by atoms with E-state index in [0.717, 1.165) is 19.4 Å². The van der Waals surface area contributed by atoms with E-state index in [1.165, 1.54) is 6.92 Å². The van der Waals surface area contributed by atoms with Crippen LogP contribution in [-0.4, -0.2) is 45.3 Å². The average molecular weight is 248 g/mol. The summed E-state index contributed by atoms with van der Waals surface area (Å²) in [5, 5.41) is 0. The van der Waals surface area contributed by atoms with Crippen molar-refractivity contribution in [2.75, 3.05) is 33.0 Å². The molecule has 0 aliphatic carbocycles. The molecule has 0 N–H and O–H groups in total. The molecule has 0 spiro atoms. The highest BCUT2D eigenvalue weighted by atomic mass is 16.7. The molecule has 1 unspecified atom stereocenters. The number of esters is 1. The first-order valence-electron chi connectivity index (χ1n) is 6.11. The standard InChI is InChI=1S/C12H24O5/c1-4-5-6-14-7-8-16-12(3)17-10-9-15-11(2)13/h12H,4-10H2,1-3H3. The zero-order valence-corrected chi connectivity index (χ0v) is 11.1. The summed E-state index contributed by atoms with van der Waals surface area (Å²) in [7, 11) is 0. The second-order valence-electron chi connectivity index (χ2n) is 3.62. The predicted molar refractivity (Wildman–Crippen MR) is 63.7 cm³/mol. The Morgan fingerprint density at radius 1 is 1.06 bits per heavy atom. The molecule has 0 aliphatic heterocycles. The van der Waals surface area contributed by atoms with Crippen molar-refractivity contribution in [1.82, 2.24) is 0 Å². The van der Waals surface area contributed by atoms with Crippen molar-refractivity contribution >= 4 is 5.97 Å². The smallest absolute Gasteiger partial charge is 0.302 e. The van der Waals surface area contributed by atoms with E-state index in [4.69, 9.17) is 18.9 Å². The van der Waals surface area contributed by atoms with E-state index in [2.05, 4.69) is 6.92 Å². The highest BCUT2D eigenvalue weighted by molar-refractivity contribution is 5.65. The summed E-state index contributed by atoms with van der Waals surface area (Å²) in [6.07, 6.45) is 1.91. The Bertz CT molecular complexity index is 184. The maximum atomic E-state index is 10.5. The average Bonchev–Trinajstić information content (AvgIpc) is 2.29. The molecule has 1 atom stereocenters. The van der Waals surface area contributed by atoms with Crippen LogP contribution >= 0.6 is 0 Å². The highest BCUT2D eigenvalue weighted by Crippen LogP contribution is 1.94. The van der Waals surface area contributed by atoms with E-state index in [0.29, 0.717) is 19.8 Å². The molecule has 102 valence electrons. The highest BCUT2D eigenvalue weighted by Gasteiger charge is 2.02. The second kappa shape index (κ2) is 11.8. The van der Waals surface area contributed by atoms with Crippen LogP contribution in [0.4, 0.5) is 0 Å². The van der Waals surface area contributed by atoms with Crippen LogP contribution < -0.4 is 0 Å². The summed E-state index contributed by atoms with van der Waals surface area (Å²) in [4.78, 5) is 10.5. The van der Waals surface area contributed by atoms with Crippen molar-refractivity contribution < 1.29 is 23.7 Å². The van der Waals surface area contributed by atoms with Crippen LogP contribution in [0.3, 0.4) is 0 Å². The van der Waals surface area contributed by atoms with E-state index >= 15 is 0 Å². The molecule has 0 saturated carbocycles. The molecule has 17 heavy (non-hydrogen) atoms. The zero-order chi connectivity index (χ0) is 12.9. The topological polar surface area (TPSA) is 54.0 Å². The molecular weight excluding hydrogens is 224 g/mol. The fourth-order valence-corrected chi connectivity index (χ4v) is 1.07. The molecule has 0 heterocycles. The van der Waals surface area contributed by atoms with Gasteiger partial charge in [-0.2, -0.15) is 0 Å². The molecule has 0 radical (unpaired) electrons. The van der Waals surface area contributed by atoms with E-state index < -0.39 is 0 Å². The van der Waals surface area contributed by atoms with E-state index in [1.54, 1.807) is 6.92 Å². The fourth-order valence-electron chi connectivity index (χ4n) is 1.07. The van der Waals surface area contributed by atoms with Gasteiger partial charge in [0.05, 0.1) is 19.8 Å². The third kappa shape index (κ3) is 13.3. The third-order valence-electron chi connectivity index (χ3n) is 1.96. The van der Waals surface area contributed by atoms with Gasteiger partial charge in [0.2, 0.25) is 0 Å². The van der Waals surface area contributed by atoms with Crippen molar-refractivity contribution in [3.8, 4) is 0 Å². The summed E-state index contributed by atoms with van der Waals surface area (Å²) < 4.78 is 20.7. The van der Waals surface area contributed by atoms with Crippen molar-refractivity contribution in [2.45, 2.75) is 39.9 Å². The Morgan fingerprint density at radius 2 is 1.71 bits per heavy atom. The summed E-state index contributed by atoms with van der Waals surface area (Å²) in [6, 6.07) is 0. The lowest BCUT2D eigenvalue weighted by Gasteiger charge is -2.14. The lowest BCUT2D eigenvalue weighted by Crippen LogP contribution is -2.19. The van der Waals surface area contributed by atoms with Gasteiger partial charge in [-0.1, -0.05) is 13.3 Å². The zero-order valence-electron chi connectivity index (χ0n) is 11.1. The maximum Gasteiger partial charge on any atom is 0.302 e. The molecular formula is C12H24O5. The molecule has 0 aromatic heterocycles. The molecule has 0 aliphatic rings. The van der Waals surface area contributed by atoms with Gasteiger partial charge in [-0.15, -0.1) is 0 Å².